The third-order valence-corrected chi connectivity index (χ3v) is 7.49. The Morgan fingerprint density at radius 1 is 0.926 bits per heavy atom. The minimum atomic E-state index is -0.0243. The van der Waals surface area contributed by atoms with E-state index in [0.29, 0.717) is 43.2 Å². The average molecular weight is 367 g/mol. The predicted octanol–water partition coefficient (Wildman–Crippen LogP) is 2.97. The maximum atomic E-state index is 13.0. The van der Waals surface area contributed by atoms with Crippen LogP contribution in [0.5, 0.6) is 0 Å². The molecular formula is C22H29N3O2. The van der Waals surface area contributed by atoms with Gasteiger partial charge in [-0.3, -0.25) is 14.6 Å². The van der Waals surface area contributed by atoms with Crippen molar-refractivity contribution in [3.8, 4) is 0 Å². The fraction of sp³-hybridized carbons (Fsp3) is 0.682. The number of aromatic nitrogens is 1. The molecule has 4 bridgehead atoms. The van der Waals surface area contributed by atoms with Crippen molar-refractivity contribution in [2.75, 3.05) is 26.2 Å². The standard InChI is InChI=1S/C22H29N3O2/c26-20(15-22-12-16-9-17(13-22)11-18(10-16)14-22)24-5-7-25(8-6-24)21(27)19-3-1-2-4-23-19/h1-4,16-18H,5-15H2. The van der Waals surface area contributed by atoms with Crippen LogP contribution < -0.4 is 0 Å². The van der Waals surface area contributed by atoms with E-state index in [1.807, 2.05) is 21.9 Å². The van der Waals surface area contributed by atoms with E-state index in [1.165, 1.54) is 38.5 Å². The lowest BCUT2D eigenvalue weighted by molar-refractivity contribution is -0.141. The van der Waals surface area contributed by atoms with Gasteiger partial charge in [-0.25, -0.2) is 0 Å². The van der Waals surface area contributed by atoms with Gasteiger partial charge in [-0.15, -0.1) is 0 Å². The van der Waals surface area contributed by atoms with Crippen molar-refractivity contribution in [1.29, 1.82) is 0 Å². The van der Waals surface area contributed by atoms with Crippen molar-refractivity contribution in [2.45, 2.75) is 44.9 Å². The highest BCUT2D eigenvalue weighted by Gasteiger charge is 2.51. The van der Waals surface area contributed by atoms with Crippen molar-refractivity contribution in [3.63, 3.8) is 0 Å². The van der Waals surface area contributed by atoms with Gasteiger partial charge in [0.15, 0.2) is 0 Å². The monoisotopic (exact) mass is 367 g/mol. The molecule has 4 saturated carbocycles. The fourth-order valence-corrected chi connectivity index (χ4v) is 6.75. The van der Waals surface area contributed by atoms with Crippen LogP contribution in [0.1, 0.15) is 55.4 Å². The van der Waals surface area contributed by atoms with Gasteiger partial charge in [-0.1, -0.05) is 6.07 Å². The second-order valence-corrected chi connectivity index (χ2v) is 9.48. The number of piperazine rings is 1. The lowest BCUT2D eigenvalue weighted by atomic mass is 9.49. The number of hydrogen-bond acceptors (Lipinski definition) is 3. The van der Waals surface area contributed by atoms with Crippen molar-refractivity contribution in [1.82, 2.24) is 14.8 Å². The van der Waals surface area contributed by atoms with E-state index in [9.17, 15) is 9.59 Å². The molecule has 5 heteroatoms. The van der Waals surface area contributed by atoms with E-state index in [1.54, 1.807) is 12.3 Å². The Kier molecular flexibility index (Phi) is 4.21. The SMILES string of the molecule is O=C(CC12CC3CC(CC(C3)C1)C2)N1CCN(C(=O)c2ccccn2)CC1. The molecule has 5 aliphatic rings. The van der Waals surface area contributed by atoms with Crippen molar-refractivity contribution < 1.29 is 9.59 Å². The molecule has 1 aromatic heterocycles. The van der Waals surface area contributed by atoms with Crippen LogP contribution in [0.15, 0.2) is 24.4 Å². The van der Waals surface area contributed by atoms with Crippen molar-refractivity contribution >= 4 is 11.8 Å². The van der Waals surface area contributed by atoms with Gasteiger partial charge in [0.05, 0.1) is 0 Å². The van der Waals surface area contributed by atoms with Crippen LogP contribution in [0.4, 0.5) is 0 Å². The Balaban J connectivity index is 1.18. The van der Waals surface area contributed by atoms with E-state index >= 15 is 0 Å². The highest BCUT2D eigenvalue weighted by atomic mass is 16.2. The molecule has 1 saturated heterocycles. The molecular weight excluding hydrogens is 338 g/mol. The summed E-state index contributed by atoms with van der Waals surface area (Å²) in [5, 5.41) is 0. The predicted molar refractivity (Wildman–Crippen MR) is 102 cm³/mol. The van der Waals surface area contributed by atoms with Gasteiger partial charge in [-0.2, -0.15) is 0 Å². The van der Waals surface area contributed by atoms with Gasteiger partial charge in [0.2, 0.25) is 5.91 Å². The summed E-state index contributed by atoms with van der Waals surface area (Å²) in [6, 6.07) is 5.41. The number of rotatable bonds is 3. The van der Waals surface area contributed by atoms with Crippen LogP contribution in [0.25, 0.3) is 0 Å². The van der Waals surface area contributed by atoms with Crippen LogP contribution in [-0.4, -0.2) is 52.8 Å². The lowest BCUT2D eigenvalue weighted by Crippen LogP contribution is -2.53. The summed E-state index contributed by atoms with van der Waals surface area (Å²) in [7, 11) is 0. The molecule has 0 unspecified atom stereocenters. The summed E-state index contributed by atoms with van der Waals surface area (Å²) in [5.41, 5.74) is 0.790. The second-order valence-electron chi connectivity index (χ2n) is 9.48. The molecule has 5 nitrogen and oxygen atoms in total. The molecule has 0 spiro atoms. The molecule has 0 aromatic carbocycles. The number of hydrogen-bond donors (Lipinski definition) is 0. The van der Waals surface area contributed by atoms with E-state index < -0.39 is 0 Å². The maximum Gasteiger partial charge on any atom is 0.272 e. The van der Waals surface area contributed by atoms with E-state index in [4.69, 9.17) is 0 Å². The molecule has 0 atom stereocenters. The fourth-order valence-electron chi connectivity index (χ4n) is 6.75. The van der Waals surface area contributed by atoms with Gasteiger partial charge in [-0.05, 0) is 73.8 Å². The zero-order valence-corrected chi connectivity index (χ0v) is 16.0. The van der Waals surface area contributed by atoms with Crippen LogP contribution in [-0.2, 0) is 4.79 Å². The zero-order chi connectivity index (χ0) is 18.4. The Bertz CT molecular complexity index is 689. The number of carbonyl (C=O) groups excluding carboxylic acids is 2. The van der Waals surface area contributed by atoms with Crippen LogP contribution in [0.3, 0.4) is 0 Å². The Hall–Kier alpha value is -1.91. The molecule has 4 aliphatic carbocycles. The summed E-state index contributed by atoms with van der Waals surface area (Å²) in [5.74, 6) is 2.95. The van der Waals surface area contributed by atoms with Crippen LogP contribution in [0.2, 0.25) is 0 Å². The van der Waals surface area contributed by atoms with E-state index in [2.05, 4.69) is 4.98 Å². The molecule has 144 valence electrons. The Morgan fingerprint density at radius 2 is 1.52 bits per heavy atom. The smallest absolute Gasteiger partial charge is 0.272 e. The van der Waals surface area contributed by atoms with Gasteiger partial charge >= 0.3 is 0 Å². The highest BCUT2D eigenvalue weighted by molar-refractivity contribution is 5.92. The first-order valence-electron chi connectivity index (χ1n) is 10.6. The largest absolute Gasteiger partial charge is 0.339 e. The third-order valence-electron chi connectivity index (χ3n) is 7.49. The molecule has 5 fully saturated rings. The molecule has 1 aliphatic heterocycles. The Labute approximate surface area is 161 Å². The summed E-state index contributed by atoms with van der Waals surface area (Å²) in [6.45, 7) is 2.54. The average Bonchev–Trinajstić information content (AvgIpc) is 2.67. The highest BCUT2D eigenvalue weighted by Crippen LogP contribution is 2.61. The molecule has 2 amide bonds. The number of carbonyl (C=O) groups is 2. The summed E-state index contributed by atoms with van der Waals surface area (Å²) in [6.07, 6.45) is 10.5. The molecule has 0 radical (unpaired) electrons. The van der Waals surface area contributed by atoms with Gasteiger partial charge in [0.25, 0.3) is 5.91 Å². The topological polar surface area (TPSA) is 53.5 Å². The summed E-state index contributed by atoms with van der Waals surface area (Å²) in [4.78, 5) is 33.6. The van der Waals surface area contributed by atoms with E-state index in [-0.39, 0.29) is 5.91 Å². The summed E-state index contributed by atoms with van der Waals surface area (Å²) < 4.78 is 0. The molecule has 1 aromatic rings. The van der Waals surface area contributed by atoms with Crippen LogP contribution in [0, 0.1) is 23.2 Å². The first-order chi connectivity index (χ1) is 13.1. The number of nitrogens with zero attached hydrogens (tertiary/aromatic N) is 3. The maximum absolute atomic E-state index is 13.0. The minimum Gasteiger partial charge on any atom is -0.339 e. The zero-order valence-electron chi connectivity index (χ0n) is 16.0. The van der Waals surface area contributed by atoms with Gasteiger partial charge < -0.3 is 9.80 Å². The van der Waals surface area contributed by atoms with Crippen molar-refractivity contribution in [3.05, 3.63) is 30.1 Å². The van der Waals surface area contributed by atoms with Crippen molar-refractivity contribution in [2.24, 2.45) is 23.2 Å². The Morgan fingerprint density at radius 3 is 2.07 bits per heavy atom. The minimum absolute atomic E-state index is 0.0243. The molecule has 27 heavy (non-hydrogen) atoms. The van der Waals surface area contributed by atoms with E-state index in [0.717, 1.165) is 24.2 Å². The second kappa shape index (κ2) is 6.61. The first kappa shape index (κ1) is 17.2. The number of pyridine rings is 1. The van der Waals surface area contributed by atoms with Crippen LogP contribution >= 0.6 is 0 Å². The number of amides is 2. The molecule has 2 heterocycles. The quantitative estimate of drug-likeness (QED) is 0.825. The van der Waals surface area contributed by atoms with Gasteiger partial charge in [0.1, 0.15) is 5.69 Å². The summed E-state index contributed by atoms with van der Waals surface area (Å²) >= 11 is 0. The normalized spacial score (nSPS) is 34.7. The molecule has 6 rings (SSSR count). The first-order valence-corrected chi connectivity index (χ1v) is 10.6. The molecule has 0 N–H and O–H groups in total. The third kappa shape index (κ3) is 3.26. The van der Waals surface area contributed by atoms with Gasteiger partial charge in [0, 0.05) is 38.8 Å². The lowest BCUT2D eigenvalue weighted by Gasteiger charge is -2.57.